The molecular formula is C23H30N2O3S. The summed E-state index contributed by atoms with van der Waals surface area (Å²) in [6, 6.07) is 16.5. The number of methoxy groups -OCH3 is 1. The van der Waals surface area contributed by atoms with E-state index < -0.39 is 0 Å². The molecular weight excluding hydrogens is 384 g/mol. The topological polar surface area (TPSA) is 50.8 Å². The van der Waals surface area contributed by atoms with Gasteiger partial charge in [-0.15, -0.1) is 11.8 Å². The average Bonchev–Trinajstić information content (AvgIpc) is 2.78. The molecule has 0 atom stereocenters. The van der Waals surface area contributed by atoms with Crippen molar-refractivity contribution in [2.75, 3.05) is 40.2 Å². The maximum absolute atomic E-state index is 12.8. The normalized spacial score (nSPS) is 15.6. The Bertz CT molecular complexity index is 807. The predicted molar refractivity (Wildman–Crippen MR) is 118 cm³/mol. The highest BCUT2D eigenvalue weighted by Crippen LogP contribution is 2.34. The fourth-order valence-corrected chi connectivity index (χ4v) is 4.37. The van der Waals surface area contributed by atoms with Crippen molar-refractivity contribution in [3.05, 3.63) is 59.7 Å². The molecule has 3 rings (SSSR count). The molecule has 1 heterocycles. The van der Waals surface area contributed by atoms with E-state index in [2.05, 4.69) is 29.6 Å². The molecule has 6 heteroatoms. The number of thioether (sulfide) groups is 1. The first kappa shape index (κ1) is 21.5. The molecule has 2 aromatic carbocycles. The summed E-state index contributed by atoms with van der Waals surface area (Å²) in [6.45, 7) is 2.58. The van der Waals surface area contributed by atoms with E-state index in [1.165, 1.54) is 5.56 Å². The van der Waals surface area contributed by atoms with Crippen molar-refractivity contribution in [1.29, 1.82) is 0 Å². The second-order valence-electron chi connectivity index (χ2n) is 7.46. The average molecular weight is 415 g/mol. The first-order valence-corrected chi connectivity index (χ1v) is 11.1. The molecule has 29 heavy (non-hydrogen) atoms. The lowest BCUT2D eigenvalue weighted by Crippen LogP contribution is -2.47. The number of benzene rings is 2. The molecule has 1 fully saturated rings. The Hall–Kier alpha value is -2.18. The Morgan fingerprint density at radius 1 is 1.21 bits per heavy atom. The third kappa shape index (κ3) is 5.25. The van der Waals surface area contributed by atoms with E-state index in [-0.39, 0.29) is 11.4 Å². The standard InChI is InChI=1S/C23H30N2O3S/c1-25(16-18-9-10-21(29-3)20(15-18)27-2)22(26)24-17-23(11-13-28-14-12-23)19-7-5-4-6-8-19/h4-10,15H,11-14,16-17H2,1-3H3,(H,24,26). The van der Waals surface area contributed by atoms with Gasteiger partial charge in [-0.05, 0) is 42.4 Å². The molecule has 0 radical (unpaired) electrons. The number of hydrogen-bond acceptors (Lipinski definition) is 4. The largest absolute Gasteiger partial charge is 0.496 e. The van der Waals surface area contributed by atoms with Crippen LogP contribution in [0.1, 0.15) is 24.0 Å². The van der Waals surface area contributed by atoms with Gasteiger partial charge in [0.2, 0.25) is 0 Å². The Morgan fingerprint density at radius 3 is 2.59 bits per heavy atom. The van der Waals surface area contributed by atoms with Gasteiger partial charge >= 0.3 is 6.03 Å². The van der Waals surface area contributed by atoms with Crippen LogP contribution in [0.15, 0.2) is 53.4 Å². The van der Waals surface area contributed by atoms with Crippen molar-refractivity contribution in [2.24, 2.45) is 0 Å². The zero-order valence-electron chi connectivity index (χ0n) is 17.4. The zero-order chi connectivity index (χ0) is 20.7. The summed E-state index contributed by atoms with van der Waals surface area (Å²) >= 11 is 1.65. The molecule has 0 saturated carbocycles. The van der Waals surface area contributed by atoms with Crippen molar-refractivity contribution in [1.82, 2.24) is 10.2 Å². The van der Waals surface area contributed by atoms with Crippen LogP contribution in [0, 0.1) is 0 Å². The van der Waals surface area contributed by atoms with E-state index in [9.17, 15) is 4.79 Å². The van der Waals surface area contributed by atoms with Gasteiger partial charge in [-0.2, -0.15) is 0 Å². The Labute approximate surface area is 177 Å². The Balaban J connectivity index is 1.64. The third-order valence-corrected chi connectivity index (χ3v) is 6.41. The molecule has 1 N–H and O–H groups in total. The van der Waals surface area contributed by atoms with Crippen LogP contribution >= 0.6 is 11.8 Å². The third-order valence-electron chi connectivity index (χ3n) is 5.63. The van der Waals surface area contributed by atoms with Crippen LogP contribution in [-0.4, -0.2) is 51.1 Å². The van der Waals surface area contributed by atoms with Crippen molar-refractivity contribution >= 4 is 17.8 Å². The van der Waals surface area contributed by atoms with E-state index in [4.69, 9.17) is 9.47 Å². The number of carbonyl (C=O) groups excluding carboxylic acids is 1. The molecule has 156 valence electrons. The number of hydrogen-bond donors (Lipinski definition) is 1. The van der Waals surface area contributed by atoms with Crippen molar-refractivity contribution < 1.29 is 14.3 Å². The molecule has 1 aliphatic heterocycles. The van der Waals surface area contributed by atoms with Crippen LogP contribution in [0.3, 0.4) is 0 Å². The van der Waals surface area contributed by atoms with E-state index >= 15 is 0 Å². The van der Waals surface area contributed by atoms with Gasteiger partial charge < -0.3 is 19.7 Å². The minimum absolute atomic E-state index is 0.0697. The molecule has 0 bridgehead atoms. The molecule has 5 nitrogen and oxygen atoms in total. The predicted octanol–water partition coefficient (Wildman–Crippen LogP) is 4.31. The number of nitrogens with zero attached hydrogens (tertiary/aromatic N) is 1. The zero-order valence-corrected chi connectivity index (χ0v) is 18.3. The minimum Gasteiger partial charge on any atom is -0.496 e. The lowest BCUT2D eigenvalue weighted by atomic mass is 9.74. The maximum atomic E-state index is 12.8. The summed E-state index contributed by atoms with van der Waals surface area (Å²) in [5.41, 5.74) is 2.24. The second kappa shape index (κ2) is 10.0. The SMILES string of the molecule is COc1cc(CN(C)C(=O)NCC2(c3ccccc3)CCOCC2)ccc1SC. The lowest BCUT2D eigenvalue weighted by Gasteiger charge is -2.38. The molecule has 0 spiro atoms. The quantitative estimate of drug-likeness (QED) is 0.686. The fourth-order valence-electron chi connectivity index (χ4n) is 3.83. The fraction of sp³-hybridized carbons (Fsp3) is 0.435. The summed E-state index contributed by atoms with van der Waals surface area (Å²) in [5, 5.41) is 3.16. The number of urea groups is 1. The van der Waals surface area contributed by atoms with Crippen LogP contribution < -0.4 is 10.1 Å². The molecule has 2 aromatic rings. The molecule has 0 aromatic heterocycles. The van der Waals surface area contributed by atoms with Gasteiger partial charge in [0.1, 0.15) is 5.75 Å². The minimum atomic E-state index is -0.0702. The van der Waals surface area contributed by atoms with Crippen LogP contribution in [0.25, 0.3) is 0 Å². The lowest BCUT2D eigenvalue weighted by molar-refractivity contribution is 0.0502. The summed E-state index contributed by atoms with van der Waals surface area (Å²) < 4.78 is 11.0. The van der Waals surface area contributed by atoms with Crippen LogP contribution in [-0.2, 0) is 16.7 Å². The van der Waals surface area contributed by atoms with Gasteiger partial charge in [0.15, 0.2) is 0 Å². The molecule has 1 saturated heterocycles. The van der Waals surface area contributed by atoms with E-state index in [1.54, 1.807) is 23.8 Å². The van der Waals surface area contributed by atoms with Crippen LogP contribution in [0.2, 0.25) is 0 Å². The first-order chi connectivity index (χ1) is 14.1. The molecule has 0 unspecified atom stereocenters. The Morgan fingerprint density at radius 2 is 1.93 bits per heavy atom. The highest BCUT2D eigenvalue weighted by atomic mass is 32.2. The van der Waals surface area contributed by atoms with Gasteiger partial charge in [0.05, 0.1) is 7.11 Å². The summed E-state index contributed by atoms with van der Waals surface area (Å²) in [4.78, 5) is 15.6. The molecule has 1 aliphatic rings. The van der Waals surface area contributed by atoms with Gasteiger partial charge in [0, 0.05) is 43.7 Å². The first-order valence-electron chi connectivity index (χ1n) is 9.91. The number of rotatable bonds is 7. The van der Waals surface area contributed by atoms with Crippen molar-refractivity contribution in [2.45, 2.75) is 29.7 Å². The van der Waals surface area contributed by atoms with E-state index in [0.717, 1.165) is 42.3 Å². The Kier molecular flexibility index (Phi) is 7.45. The summed E-state index contributed by atoms with van der Waals surface area (Å²) in [5.74, 6) is 0.842. The monoisotopic (exact) mass is 414 g/mol. The molecule has 2 amide bonds. The van der Waals surface area contributed by atoms with Gasteiger partial charge in [-0.25, -0.2) is 4.79 Å². The number of nitrogens with one attached hydrogen (secondary N) is 1. The smallest absolute Gasteiger partial charge is 0.317 e. The maximum Gasteiger partial charge on any atom is 0.317 e. The number of carbonyl (C=O) groups is 1. The molecule has 0 aliphatic carbocycles. The van der Waals surface area contributed by atoms with Crippen LogP contribution in [0.5, 0.6) is 5.75 Å². The van der Waals surface area contributed by atoms with Gasteiger partial charge in [-0.3, -0.25) is 0 Å². The van der Waals surface area contributed by atoms with Crippen molar-refractivity contribution in [3.63, 3.8) is 0 Å². The van der Waals surface area contributed by atoms with Gasteiger partial charge in [0.25, 0.3) is 0 Å². The highest BCUT2D eigenvalue weighted by molar-refractivity contribution is 7.98. The number of amides is 2. The summed E-state index contributed by atoms with van der Waals surface area (Å²) in [6.07, 6.45) is 3.85. The van der Waals surface area contributed by atoms with E-state index in [0.29, 0.717) is 13.1 Å². The highest BCUT2D eigenvalue weighted by Gasteiger charge is 2.35. The van der Waals surface area contributed by atoms with Gasteiger partial charge in [-0.1, -0.05) is 36.4 Å². The second-order valence-corrected chi connectivity index (χ2v) is 8.31. The van der Waals surface area contributed by atoms with Crippen molar-refractivity contribution in [3.8, 4) is 5.75 Å². The van der Waals surface area contributed by atoms with Crippen LogP contribution in [0.4, 0.5) is 4.79 Å². The number of ether oxygens (including phenoxy) is 2. The van der Waals surface area contributed by atoms with E-state index in [1.807, 2.05) is 37.6 Å². The summed E-state index contributed by atoms with van der Waals surface area (Å²) in [7, 11) is 3.50.